The Bertz CT molecular complexity index is 369. The molecule has 1 saturated heterocycles. The quantitative estimate of drug-likeness (QED) is 0.661. The van der Waals surface area contributed by atoms with Crippen LogP contribution >= 0.6 is 11.8 Å². The van der Waals surface area contributed by atoms with Crippen molar-refractivity contribution >= 4 is 17.4 Å². The average molecular weight is 256 g/mol. The van der Waals surface area contributed by atoms with Crippen molar-refractivity contribution < 1.29 is 9.13 Å². The van der Waals surface area contributed by atoms with Gasteiger partial charge >= 0.3 is 0 Å². The lowest BCUT2D eigenvalue weighted by Gasteiger charge is -2.29. The summed E-state index contributed by atoms with van der Waals surface area (Å²) in [6.45, 7) is 2.68. The van der Waals surface area contributed by atoms with E-state index in [0.29, 0.717) is 5.69 Å². The van der Waals surface area contributed by atoms with Gasteiger partial charge in [-0.25, -0.2) is 4.39 Å². The second-order valence-corrected chi connectivity index (χ2v) is 5.38. The Labute approximate surface area is 105 Å². The zero-order valence-electron chi connectivity index (χ0n) is 9.86. The van der Waals surface area contributed by atoms with Crippen molar-refractivity contribution in [3.63, 3.8) is 0 Å². The third-order valence-corrected chi connectivity index (χ3v) is 3.78. The van der Waals surface area contributed by atoms with Gasteiger partial charge in [0.15, 0.2) is 0 Å². The van der Waals surface area contributed by atoms with Gasteiger partial charge in [-0.05, 0) is 25.2 Å². The third-order valence-electron chi connectivity index (χ3n) is 2.67. The molecule has 3 nitrogen and oxygen atoms in total. The molecule has 1 aromatic rings. The van der Waals surface area contributed by atoms with Crippen LogP contribution < -0.4 is 5.73 Å². The first kappa shape index (κ1) is 12.7. The van der Waals surface area contributed by atoms with Crippen molar-refractivity contribution in [1.29, 1.82) is 0 Å². The number of nitrogen functional groups attached to an aromatic ring is 1. The highest BCUT2D eigenvalue weighted by Gasteiger charge is 2.17. The monoisotopic (exact) mass is 256 g/mol. The molecule has 0 spiro atoms. The van der Waals surface area contributed by atoms with Crippen molar-refractivity contribution in [1.82, 2.24) is 4.90 Å². The van der Waals surface area contributed by atoms with E-state index in [4.69, 9.17) is 10.5 Å². The van der Waals surface area contributed by atoms with Crippen molar-refractivity contribution in [3.05, 3.63) is 24.0 Å². The summed E-state index contributed by atoms with van der Waals surface area (Å²) in [6, 6.07) is 4.63. The normalized spacial score (nSPS) is 21.6. The average Bonchev–Trinajstić information content (AvgIpc) is 2.25. The molecule has 17 heavy (non-hydrogen) atoms. The molecule has 1 unspecified atom stereocenters. The van der Waals surface area contributed by atoms with Gasteiger partial charge in [-0.15, -0.1) is 11.8 Å². The van der Waals surface area contributed by atoms with E-state index in [0.717, 1.165) is 30.3 Å². The molecule has 2 rings (SSSR count). The Hall–Kier alpha value is -0.780. The Morgan fingerprint density at radius 1 is 1.53 bits per heavy atom. The maximum atomic E-state index is 13.1. The van der Waals surface area contributed by atoms with E-state index in [2.05, 4.69) is 11.9 Å². The molecule has 1 fully saturated rings. The standard InChI is InChI=1S/C12H17FN2OS/c1-15-2-3-16-11(7-15)8-17-12-5-9(13)4-10(14)6-12/h4-6,11H,2-3,7-8,14H2,1H3. The van der Waals surface area contributed by atoms with Gasteiger partial charge in [-0.2, -0.15) is 0 Å². The fraction of sp³-hybridized carbons (Fsp3) is 0.500. The smallest absolute Gasteiger partial charge is 0.126 e. The van der Waals surface area contributed by atoms with Crippen LogP contribution in [0.2, 0.25) is 0 Å². The van der Waals surface area contributed by atoms with Crippen LogP contribution in [0.3, 0.4) is 0 Å². The predicted octanol–water partition coefficient (Wildman–Crippen LogP) is 1.83. The molecular formula is C12H17FN2OS. The van der Waals surface area contributed by atoms with E-state index in [1.54, 1.807) is 17.8 Å². The van der Waals surface area contributed by atoms with Crippen LogP contribution in [0, 0.1) is 5.82 Å². The largest absolute Gasteiger partial charge is 0.399 e. The number of nitrogens with zero attached hydrogens (tertiary/aromatic N) is 1. The molecule has 1 aliphatic rings. The molecule has 5 heteroatoms. The Morgan fingerprint density at radius 3 is 3.06 bits per heavy atom. The molecule has 94 valence electrons. The highest BCUT2D eigenvalue weighted by molar-refractivity contribution is 7.99. The number of hydrogen-bond acceptors (Lipinski definition) is 4. The van der Waals surface area contributed by atoms with Crippen molar-refractivity contribution in [2.45, 2.75) is 11.0 Å². The number of morpholine rings is 1. The lowest BCUT2D eigenvalue weighted by atomic mass is 10.3. The summed E-state index contributed by atoms with van der Waals surface area (Å²) in [4.78, 5) is 3.11. The number of benzene rings is 1. The summed E-state index contributed by atoms with van der Waals surface area (Å²) >= 11 is 1.59. The molecule has 0 radical (unpaired) electrons. The van der Waals surface area contributed by atoms with Crippen LogP contribution in [0.5, 0.6) is 0 Å². The van der Waals surface area contributed by atoms with Crippen molar-refractivity contribution in [2.75, 3.05) is 38.2 Å². The molecule has 1 aromatic carbocycles. The number of nitrogens with two attached hydrogens (primary N) is 1. The summed E-state index contributed by atoms with van der Waals surface area (Å²) in [5, 5.41) is 0. The minimum Gasteiger partial charge on any atom is -0.399 e. The number of anilines is 1. The molecule has 1 aliphatic heterocycles. The summed E-state index contributed by atoms with van der Waals surface area (Å²) in [7, 11) is 2.08. The molecule has 0 aromatic heterocycles. The van der Waals surface area contributed by atoms with Gasteiger partial charge in [0, 0.05) is 29.4 Å². The first-order valence-electron chi connectivity index (χ1n) is 5.62. The zero-order chi connectivity index (χ0) is 12.3. The predicted molar refractivity (Wildman–Crippen MR) is 68.8 cm³/mol. The van der Waals surface area contributed by atoms with Crippen LogP contribution in [-0.4, -0.2) is 43.5 Å². The zero-order valence-corrected chi connectivity index (χ0v) is 10.7. The van der Waals surface area contributed by atoms with E-state index in [1.807, 2.05) is 0 Å². The molecular weight excluding hydrogens is 239 g/mol. The molecule has 0 amide bonds. The minimum absolute atomic E-state index is 0.211. The molecule has 0 saturated carbocycles. The summed E-state index contributed by atoms with van der Waals surface area (Å²) < 4.78 is 18.8. The minimum atomic E-state index is -0.283. The Balaban J connectivity index is 1.88. The second kappa shape index (κ2) is 5.71. The lowest BCUT2D eigenvalue weighted by molar-refractivity contribution is -0.00598. The van der Waals surface area contributed by atoms with Crippen molar-refractivity contribution in [3.8, 4) is 0 Å². The van der Waals surface area contributed by atoms with Gasteiger partial charge in [-0.1, -0.05) is 0 Å². The number of rotatable bonds is 3. The molecule has 1 heterocycles. The fourth-order valence-corrected chi connectivity index (χ4v) is 2.82. The third kappa shape index (κ3) is 3.87. The molecule has 2 N–H and O–H groups in total. The number of halogens is 1. The summed E-state index contributed by atoms with van der Waals surface area (Å²) in [5.41, 5.74) is 6.06. The molecule has 0 aliphatic carbocycles. The first-order valence-corrected chi connectivity index (χ1v) is 6.61. The lowest BCUT2D eigenvalue weighted by Crippen LogP contribution is -2.41. The highest BCUT2D eigenvalue weighted by atomic mass is 32.2. The van der Waals surface area contributed by atoms with Crippen molar-refractivity contribution in [2.24, 2.45) is 0 Å². The summed E-state index contributed by atoms with van der Waals surface area (Å²) in [6.07, 6.45) is 0.211. The summed E-state index contributed by atoms with van der Waals surface area (Å²) in [5.74, 6) is 0.543. The van der Waals surface area contributed by atoms with Gasteiger partial charge in [0.05, 0.1) is 12.7 Å². The molecule has 0 bridgehead atoms. The number of ether oxygens (including phenoxy) is 1. The van der Waals surface area contributed by atoms with E-state index in [1.165, 1.54) is 12.1 Å². The van der Waals surface area contributed by atoms with E-state index in [9.17, 15) is 4.39 Å². The van der Waals surface area contributed by atoms with E-state index in [-0.39, 0.29) is 11.9 Å². The van der Waals surface area contributed by atoms with Gasteiger partial charge in [-0.3, -0.25) is 0 Å². The molecule has 1 atom stereocenters. The topological polar surface area (TPSA) is 38.5 Å². The SMILES string of the molecule is CN1CCOC(CSc2cc(N)cc(F)c2)C1. The van der Waals surface area contributed by atoms with E-state index < -0.39 is 0 Å². The fourth-order valence-electron chi connectivity index (χ4n) is 1.82. The number of hydrogen-bond donors (Lipinski definition) is 1. The van der Waals surface area contributed by atoms with Gasteiger partial charge in [0.1, 0.15) is 5.82 Å². The van der Waals surface area contributed by atoms with Crippen LogP contribution in [-0.2, 0) is 4.74 Å². The van der Waals surface area contributed by atoms with Gasteiger partial charge in [0.2, 0.25) is 0 Å². The van der Waals surface area contributed by atoms with Crippen LogP contribution in [0.15, 0.2) is 23.1 Å². The van der Waals surface area contributed by atoms with Crippen LogP contribution in [0.4, 0.5) is 10.1 Å². The van der Waals surface area contributed by atoms with Crippen LogP contribution in [0.25, 0.3) is 0 Å². The maximum Gasteiger partial charge on any atom is 0.126 e. The van der Waals surface area contributed by atoms with Gasteiger partial charge < -0.3 is 15.4 Å². The highest BCUT2D eigenvalue weighted by Crippen LogP contribution is 2.24. The Kier molecular flexibility index (Phi) is 4.25. The van der Waals surface area contributed by atoms with E-state index >= 15 is 0 Å². The first-order chi connectivity index (χ1) is 8.13. The number of thioether (sulfide) groups is 1. The van der Waals surface area contributed by atoms with Crippen LogP contribution in [0.1, 0.15) is 0 Å². The van der Waals surface area contributed by atoms with Gasteiger partial charge in [0.25, 0.3) is 0 Å². The number of likely N-dealkylation sites (N-methyl/N-ethyl adjacent to an activating group) is 1. The maximum absolute atomic E-state index is 13.1. The Morgan fingerprint density at radius 2 is 2.35 bits per heavy atom. The second-order valence-electron chi connectivity index (χ2n) is 4.29.